The third-order valence-electron chi connectivity index (χ3n) is 7.71. The lowest BCUT2D eigenvalue weighted by Gasteiger charge is -2.37. The molecule has 2 bridgehead atoms. The summed E-state index contributed by atoms with van der Waals surface area (Å²) < 4.78 is 12.2. The van der Waals surface area contributed by atoms with Crippen LogP contribution in [-0.4, -0.2) is 17.0 Å². The molecule has 1 N–H and O–H groups in total. The van der Waals surface area contributed by atoms with E-state index in [0.717, 1.165) is 48.0 Å². The summed E-state index contributed by atoms with van der Waals surface area (Å²) in [6, 6.07) is 30.5. The van der Waals surface area contributed by atoms with Crippen molar-refractivity contribution in [2.75, 3.05) is 5.32 Å². The number of nitrogens with one attached hydrogen (secondary N) is 1. The molecule has 0 aliphatic carbocycles. The molecule has 35 heavy (non-hydrogen) atoms. The highest BCUT2D eigenvalue weighted by Gasteiger charge is 2.40. The number of hydrogen-bond acceptors (Lipinski definition) is 4. The number of para-hydroxylation sites is 3. The molecule has 0 saturated carbocycles. The summed E-state index contributed by atoms with van der Waals surface area (Å²) in [5.41, 5.74) is 7.39. The molecule has 3 aliphatic rings. The van der Waals surface area contributed by atoms with Crippen LogP contribution in [0.2, 0.25) is 0 Å². The number of fused-ring (bicyclic) bond motifs is 4. The Hall–Kier alpha value is -3.76. The SMILES string of the molecule is c1ccc(Nc2cccc3c2Oc2ccccc2C3=C2CC3CCC(C2)N3Cc2ccco2)cc1. The summed E-state index contributed by atoms with van der Waals surface area (Å²) in [5, 5.41) is 3.58. The van der Waals surface area contributed by atoms with Gasteiger partial charge in [-0.05, 0) is 67.7 Å². The van der Waals surface area contributed by atoms with Gasteiger partial charge in [0.2, 0.25) is 0 Å². The van der Waals surface area contributed by atoms with Crippen LogP contribution in [0, 0.1) is 0 Å². The van der Waals surface area contributed by atoms with E-state index in [0.29, 0.717) is 12.1 Å². The second-order valence-electron chi connectivity index (χ2n) is 9.80. The maximum absolute atomic E-state index is 6.54. The number of anilines is 2. The Labute approximate surface area is 205 Å². The Bertz CT molecular complexity index is 1370. The van der Waals surface area contributed by atoms with Gasteiger partial charge in [-0.15, -0.1) is 0 Å². The number of hydrogen-bond donors (Lipinski definition) is 1. The molecule has 0 spiro atoms. The number of rotatable bonds is 4. The number of nitrogens with zero attached hydrogens (tertiary/aromatic N) is 1. The minimum absolute atomic E-state index is 0.561. The molecule has 4 nitrogen and oxygen atoms in total. The molecule has 2 saturated heterocycles. The van der Waals surface area contributed by atoms with Crippen molar-refractivity contribution >= 4 is 16.9 Å². The lowest BCUT2D eigenvalue weighted by molar-refractivity contribution is 0.146. The van der Waals surface area contributed by atoms with Crippen LogP contribution in [0.3, 0.4) is 0 Å². The Kier molecular flexibility index (Phi) is 4.99. The summed E-state index contributed by atoms with van der Waals surface area (Å²) in [6.07, 6.45) is 6.48. The standard InChI is InChI=1S/C31H28N2O2/c1-2-8-22(9-3-1)32-28-13-6-12-27-30(26-11-4-5-14-29(26)35-31(27)28)21-18-23-15-16-24(19-21)33(23)20-25-10-7-17-34-25/h1-14,17,23-24,32H,15-16,18-20H2. The quantitative estimate of drug-likeness (QED) is 0.297. The van der Waals surface area contributed by atoms with Crippen molar-refractivity contribution in [3.8, 4) is 11.5 Å². The van der Waals surface area contributed by atoms with Gasteiger partial charge in [-0.1, -0.05) is 54.1 Å². The van der Waals surface area contributed by atoms with Crippen molar-refractivity contribution in [3.05, 3.63) is 114 Å². The molecule has 4 heterocycles. The van der Waals surface area contributed by atoms with E-state index in [2.05, 4.69) is 70.9 Å². The number of piperidine rings is 1. The monoisotopic (exact) mass is 460 g/mol. The van der Waals surface area contributed by atoms with Crippen LogP contribution in [0.15, 0.2) is 101 Å². The Morgan fingerprint density at radius 2 is 1.54 bits per heavy atom. The molecule has 3 aliphatic heterocycles. The zero-order valence-electron chi connectivity index (χ0n) is 19.6. The molecule has 2 atom stereocenters. The summed E-state index contributed by atoms with van der Waals surface area (Å²) in [5.74, 6) is 2.93. The maximum Gasteiger partial charge on any atom is 0.158 e. The van der Waals surface area contributed by atoms with E-state index in [1.54, 1.807) is 11.8 Å². The summed E-state index contributed by atoms with van der Waals surface area (Å²) >= 11 is 0. The van der Waals surface area contributed by atoms with Crippen LogP contribution in [0.5, 0.6) is 11.5 Å². The fourth-order valence-electron chi connectivity index (χ4n) is 6.17. The average Bonchev–Trinajstić information content (AvgIpc) is 3.48. The molecule has 174 valence electrons. The normalized spacial score (nSPS) is 20.8. The Morgan fingerprint density at radius 1 is 0.771 bits per heavy atom. The van der Waals surface area contributed by atoms with E-state index in [-0.39, 0.29) is 0 Å². The molecule has 2 fully saturated rings. The first-order chi connectivity index (χ1) is 17.3. The van der Waals surface area contributed by atoms with Crippen LogP contribution < -0.4 is 10.1 Å². The van der Waals surface area contributed by atoms with Crippen molar-refractivity contribution in [1.29, 1.82) is 0 Å². The van der Waals surface area contributed by atoms with Gasteiger partial charge in [0.15, 0.2) is 5.75 Å². The van der Waals surface area contributed by atoms with Crippen LogP contribution in [-0.2, 0) is 6.54 Å². The van der Waals surface area contributed by atoms with Crippen molar-refractivity contribution in [3.63, 3.8) is 0 Å². The van der Waals surface area contributed by atoms with E-state index in [4.69, 9.17) is 9.15 Å². The average molecular weight is 461 g/mol. The van der Waals surface area contributed by atoms with Crippen LogP contribution in [0.1, 0.15) is 42.6 Å². The van der Waals surface area contributed by atoms with E-state index >= 15 is 0 Å². The van der Waals surface area contributed by atoms with Gasteiger partial charge >= 0.3 is 0 Å². The molecule has 2 unspecified atom stereocenters. The molecule has 4 heteroatoms. The van der Waals surface area contributed by atoms with Crippen molar-refractivity contribution in [1.82, 2.24) is 4.90 Å². The van der Waals surface area contributed by atoms with Gasteiger partial charge in [0, 0.05) is 28.9 Å². The zero-order valence-corrected chi connectivity index (χ0v) is 19.6. The van der Waals surface area contributed by atoms with Gasteiger partial charge in [0.1, 0.15) is 11.5 Å². The Morgan fingerprint density at radius 3 is 2.34 bits per heavy atom. The second-order valence-corrected chi connectivity index (χ2v) is 9.80. The maximum atomic E-state index is 6.54. The van der Waals surface area contributed by atoms with E-state index < -0.39 is 0 Å². The third kappa shape index (κ3) is 3.65. The molecule has 0 radical (unpaired) electrons. The zero-order chi connectivity index (χ0) is 23.2. The van der Waals surface area contributed by atoms with Crippen molar-refractivity contribution in [2.45, 2.75) is 44.3 Å². The van der Waals surface area contributed by atoms with Gasteiger partial charge in [0.05, 0.1) is 18.5 Å². The minimum atomic E-state index is 0.561. The highest BCUT2D eigenvalue weighted by molar-refractivity contribution is 5.93. The van der Waals surface area contributed by atoms with Gasteiger partial charge in [0.25, 0.3) is 0 Å². The summed E-state index contributed by atoms with van der Waals surface area (Å²) in [6.45, 7) is 0.909. The van der Waals surface area contributed by atoms with Crippen LogP contribution >= 0.6 is 0 Å². The molecule has 4 aromatic rings. The third-order valence-corrected chi connectivity index (χ3v) is 7.71. The molecule has 3 aromatic carbocycles. The highest BCUT2D eigenvalue weighted by Crippen LogP contribution is 2.51. The molecule has 7 rings (SSSR count). The van der Waals surface area contributed by atoms with Gasteiger partial charge in [-0.2, -0.15) is 0 Å². The predicted molar refractivity (Wildman–Crippen MR) is 139 cm³/mol. The fraction of sp³-hybridized carbons (Fsp3) is 0.226. The first-order valence-corrected chi connectivity index (χ1v) is 12.6. The van der Waals surface area contributed by atoms with Gasteiger partial charge < -0.3 is 14.5 Å². The van der Waals surface area contributed by atoms with E-state index in [1.807, 2.05) is 24.3 Å². The highest BCUT2D eigenvalue weighted by atomic mass is 16.5. The molecular formula is C31H28N2O2. The minimum Gasteiger partial charge on any atom is -0.468 e. The molecule has 1 aromatic heterocycles. The predicted octanol–water partition coefficient (Wildman–Crippen LogP) is 7.76. The van der Waals surface area contributed by atoms with E-state index in [1.165, 1.54) is 29.5 Å². The first kappa shape index (κ1) is 20.6. The fourth-order valence-corrected chi connectivity index (χ4v) is 6.17. The van der Waals surface area contributed by atoms with Crippen molar-refractivity contribution in [2.24, 2.45) is 0 Å². The topological polar surface area (TPSA) is 37.6 Å². The summed E-state index contributed by atoms with van der Waals surface area (Å²) in [7, 11) is 0. The van der Waals surface area contributed by atoms with Crippen LogP contribution in [0.25, 0.3) is 5.57 Å². The largest absolute Gasteiger partial charge is 0.468 e. The Balaban J connectivity index is 1.30. The lowest BCUT2D eigenvalue weighted by Crippen LogP contribution is -2.40. The smallest absolute Gasteiger partial charge is 0.158 e. The van der Waals surface area contributed by atoms with Gasteiger partial charge in [-0.3, -0.25) is 4.90 Å². The van der Waals surface area contributed by atoms with Crippen molar-refractivity contribution < 1.29 is 9.15 Å². The van der Waals surface area contributed by atoms with Crippen LogP contribution in [0.4, 0.5) is 11.4 Å². The lowest BCUT2D eigenvalue weighted by atomic mass is 9.83. The molecular weight excluding hydrogens is 432 g/mol. The summed E-state index contributed by atoms with van der Waals surface area (Å²) in [4.78, 5) is 2.67. The first-order valence-electron chi connectivity index (χ1n) is 12.6. The molecule has 0 amide bonds. The van der Waals surface area contributed by atoms with Gasteiger partial charge in [-0.25, -0.2) is 0 Å². The van der Waals surface area contributed by atoms with E-state index in [9.17, 15) is 0 Å². The number of ether oxygens (including phenoxy) is 1. The second kappa shape index (κ2) is 8.47. The number of furan rings is 1. The number of benzene rings is 3.